The molecule has 20 heavy (non-hydrogen) atoms. The van der Waals surface area contributed by atoms with Crippen LogP contribution < -0.4 is 5.32 Å². The molecule has 2 rings (SSSR count). The molecule has 0 unspecified atom stereocenters. The van der Waals surface area contributed by atoms with E-state index in [0.717, 1.165) is 35.1 Å². The van der Waals surface area contributed by atoms with Crippen molar-refractivity contribution in [3.8, 4) is 0 Å². The number of hydrogen-bond acceptors (Lipinski definition) is 2. The lowest BCUT2D eigenvalue weighted by Gasteiger charge is -2.18. The molecule has 0 atom stereocenters. The van der Waals surface area contributed by atoms with Gasteiger partial charge in [0.2, 0.25) is 5.91 Å². The lowest BCUT2D eigenvalue weighted by Crippen LogP contribution is -2.33. The second kappa shape index (κ2) is 6.53. The standard InChI is InChI=1S/C17H22N2O/c1-4-19(5-2)12-16(20)18-17-13(3)10-11-14-8-6-7-9-15(14)17/h6-11H,4-5,12H2,1-3H3,(H,18,20). The van der Waals surface area contributed by atoms with Gasteiger partial charge < -0.3 is 5.32 Å². The van der Waals surface area contributed by atoms with Crippen LogP contribution in [-0.4, -0.2) is 30.4 Å². The second-order valence-electron chi connectivity index (χ2n) is 4.99. The first kappa shape index (κ1) is 14.5. The van der Waals surface area contributed by atoms with E-state index >= 15 is 0 Å². The second-order valence-corrected chi connectivity index (χ2v) is 4.99. The number of aryl methyl sites for hydroxylation is 1. The van der Waals surface area contributed by atoms with Crippen molar-refractivity contribution >= 4 is 22.4 Å². The van der Waals surface area contributed by atoms with E-state index in [-0.39, 0.29) is 5.91 Å². The van der Waals surface area contributed by atoms with Gasteiger partial charge in [-0.1, -0.05) is 50.2 Å². The number of amides is 1. The normalized spacial score (nSPS) is 11.0. The molecule has 0 heterocycles. The van der Waals surface area contributed by atoms with Gasteiger partial charge in [0.05, 0.1) is 12.2 Å². The van der Waals surface area contributed by atoms with Gasteiger partial charge in [-0.15, -0.1) is 0 Å². The average Bonchev–Trinajstić information content (AvgIpc) is 2.47. The minimum Gasteiger partial charge on any atom is -0.324 e. The van der Waals surface area contributed by atoms with Crippen LogP contribution in [0.5, 0.6) is 0 Å². The summed E-state index contributed by atoms with van der Waals surface area (Å²) in [6.45, 7) is 8.38. The molecule has 0 aliphatic carbocycles. The Bertz CT molecular complexity index is 603. The number of nitrogens with one attached hydrogen (secondary N) is 1. The van der Waals surface area contributed by atoms with Crippen molar-refractivity contribution in [3.05, 3.63) is 42.0 Å². The number of rotatable bonds is 5. The third kappa shape index (κ3) is 3.17. The molecular weight excluding hydrogens is 248 g/mol. The van der Waals surface area contributed by atoms with E-state index in [1.54, 1.807) is 0 Å². The van der Waals surface area contributed by atoms with Crippen LogP contribution in [0.2, 0.25) is 0 Å². The van der Waals surface area contributed by atoms with E-state index in [2.05, 4.69) is 48.3 Å². The molecule has 0 spiro atoms. The van der Waals surface area contributed by atoms with Crippen LogP contribution in [0.3, 0.4) is 0 Å². The van der Waals surface area contributed by atoms with Crippen LogP contribution in [0.4, 0.5) is 5.69 Å². The van der Waals surface area contributed by atoms with E-state index in [9.17, 15) is 4.79 Å². The topological polar surface area (TPSA) is 32.3 Å². The summed E-state index contributed by atoms with van der Waals surface area (Å²) in [4.78, 5) is 14.3. The Morgan fingerprint density at radius 3 is 2.50 bits per heavy atom. The summed E-state index contributed by atoms with van der Waals surface area (Å²) >= 11 is 0. The van der Waals surface area contributed by atoms with Crippen LogP contribution in [0, 0.1) is 6.92 Å². The number of nitrogens with zero attached hydrogens (tertiary/aromatic N) is 1. The van der Waals surface area contributed by atoms with E-state index in [4.69, 9.17) is 0 Å². The van der Waals surface area contributed by atoms with Gasteiger partial charge in [-0.3, -0.25) is 9.69 Å². The van der Waals surface area contributed by atoms with Crippen molar-refractivity contribution in [2.45, 2.75) is 20.8 Å². The molecule has 2 aromatic rings. The van der Waals surface area contributed by atoms with E-state index < -0.39 is 0 Å². The van der Waals surface area contributed by atoms with Crippen molar-refractivity contribution in [1.82, 2.24) is 4.90 Å². The van der Waals surface area contributed by atoms with Gasteiger partial charge in [0.15, 0.2) is 0 Å². The van der Waals surface area contributed by atoms with Crippen molar-refractivity contribution in [1.29, 1.82) is 0 Å². The van der Waals surface area contributed by atoms with Crippen LogP contribution in [0.1, 0.15) is 19.4 Å². The zero-order valence-corrected chi connectivity index (χ0v) is 12.4. The molecule has 0 aromatic heterocycles. The molecule has 0 radical (unpaired) electrons. The Morgan fingerprint density at radius 1 is 1.10 bits per heavy atom. The highest BCUT2D eigenvalue weighted by Gasteiger charge is 2.11. The summed E-state index contributed by atoms with van der Waals surface area (Å²) < 4.78 is 0. The van der Waals surface area contributed by atoms with Gasteiger partial charge in [-0.2, -0.15) is 0 Å². The fourth-order valence-electron chi connectivity index (χ4n) is 2.38. The molecule has 106 valence electrons. The van der Waals surface area contributed by atoms with Gasteiger partial charge in [0, 0.05) is 5.39 Å². The van der Waals surface area contributed by atoms with Gasteiger partial charge >= 0.3 is 0 Å². The quantitative estimate of drug-likeness (QED) is 0.902. The molecule has 0 saturated heterocycles. The first-order chi connectivity index (χ1) is 9.65. The Hall–Kier alpha value is -1.87. The lowest BCUT2D eigenvalue weighted by atomic mass is 10.0. The molecule has 0 saturated carbocycles. The summed E-state index contributed by atoms with van der Waals surface area (Å²) in [6, 6.07) is 12.3. The maximum Gasteiger partial charge on any atom is 0.238 e. The highest BCUT2D eigenvalue weighted by atomic mass is 16.2. The minimum absolute atomic E-state index is 0.0492. The minimum atomic E-state index is 0.0492. The van der Waals surface area contributed by atoms with E-state index in [1.165, 1.54) is 0 Å². The van der Waals surface area contributed by atoms with Gasteiger partial charge in [0.25, 0.3) is 0 Å². The maximum absolute atomic E-state index is 12.2. The number of anilines is 1. The molecule has 3 heteroatoms. The maximum atomic E-state index is 12.2. The fraction of sp³-hybridized carbons (Fsp3) is 0.353. The smallest absolute Gasteiger partial charge is 0.238 e. The number of likely N-dealkylation sites (N-methyl/N-ethyl adjacent to an activating group) is 1. The number of carbonyl (C=O) groups excluding carboxylic acids is 1. The zero-order valence-electron chi connectivity index (χ0n) is 12.4. The predicted octanol–water partition coefficient (Wildman–Crippen LogP) is 3.43. The fourth-order valence-corrected chi connectivity index (χ4v) is 2.38. The predicted molar refractivity (Wildman–Crippen MR) is 85.1 cm³/mol. The Labute approximate surface area is 120 Å². The molecule has 3 nitrogen and oxygen atoms in total. The molecular formula is C17H22N2O. The van der Waals surface area contributed by atoms with Crippen LogP contribution in [0.15, 0.2) is 36.4 Å². The SMILES string of the molecule is CCN(CC)CC(=O)Nc1c(C)ccc2ccccc12. The first-order valence-corrected chi connectivity index (χ1v) is 7.16. The summed E-state index contributed by atoms with van der Waals surface area (Å²) in [7, 11) is 0. The third-order valence-electron chi connectivity index (χ3n) is 3.66. The molecule has 1 N–H and O–H groups in total. The van der Waals surface area contributed by atoms with Crippen LogP contribution in [-0.2, 0) is 4.79 Å². The third-order valence-corrected chi connectivity index (χ3v) is 3.66. The van der Waals surface area contributed by atoms with Crippen molar-refractivity contribution in [2.75, 3.05) is 25.0 Å². The molecule has 0 fully saturated rings. The summed E-state index contributed by atoms with van der Waals surface area (Å²) in [5.41, 5.74) is 2.02. The molecule has 0 aliphatic rings. The summed E-state index contributed by atoms with van der Waals surface area (Å²) in [5.74, 6) is 0.0492. The van der Waals surface area contributed by atoms with Crippen LogP contribution in [0.25, 0.3) is 10.8 Å². The number of fused-ring (bicyclic) bond motifs is 1. The zero-order chi connectivity index (χ0) is 14.5. The number of carbonyl (C=O) groups is 1. The summed E-state index contributed by atoms with van der Waals surface area (Å²) in [5, 5.41) is 5.32. The van der Waals surface area contributed by atoms with Crippen LogP contribution >= 0.6 is 0 Å². The van der Waals surface area contributed by atoms with E-state index in [1.807, 2.05) is 19.1 Å². The molecule has 0 bridgehead atoms. The lowest BCUT2D eigenvalue weighted by molar-refractivity contribution is -0.117. The molecule has 2 aromatic carbocycles. The van der Waals surface area contributed by atoms with Crippen molar-refractivity contribution in [3.63, 3.8) is 0 Å². The van der Waals surface area contributed by atoms with Gasteiger partial charge in [-0.25, -0.2) is 0 Å². The van der Waals surface area contributed by atoms with Crippen molar-refractivity contribution < 1.29 is 4.79 Å². The largest absolute Gasteiger partial charge is 0.324 e. The number of benzene rings is 2. The van der Waals surface area contributed by atoms with Gasteiger partial charge in [-0.05, 0) is 31.0 Å². The number of hydrogen-bond donors (Lipinski definition) is 1. The highest BCUT2D eigenvalue weighted by Crippen LogP contribution is 2.26. The van der Waals surface area contributed by atoms with Crippen molar-refractivity contribution in [2.24, 2.45) is 0 Å². The first-order valence-electron chi connectivity index (χ1n) is 7.16. The Kier molecular flexibility index (Phi) is 4.74. The Morgan fingerprint density at radius 2 is 1.80 bits per heavy atom. The van der Waals surface area contributed by atoms with Gasteiger partial charge in [0.1, 0.15) is 0 Å². The van der Waals surface area contributed by atoms with E-state index in [0.29, 0.717) is 6.54 Å². The molecule has 1 amide bonds. The highest BCUT2D eigenvalue weighted by molar-refractivity contribution is 6.03. The monoisotopic (exact) mass is 270 g/mol. The molecule has 0 aliphatic heterocycles. The summed E-state index contributed by atoms with van der Waals surface area (Å²) in [6.07, 6.45) is 0. The average molecular weight is 270 g/mol. The Balaban J connectivity index is 2.25.